The second kappa shape index (κ2) is 4.70. The van der Waals surface area contributed by atoms with Crippen LogP contribution in [-0.2, 0) is 11.3 Å². The van der Waals surface area contributed by atoms with Gasteiger partial charge in [-0.2, -0.15) is 5.21 Å². The Kier molecular flexibility index (Phi) is 3.56. The number of hydrogen-bond acceptors (Lipinski definition) is 4. The maximum atomic E-state index is 10.4. The van der Waals surface area contributed by atoms with E-state index in [1.165, 1.54) is 0 Å². The van der Waals surface area contributed by atoms with E-state index in [0.717, 1.165) is 12.8 Å². The Morgan fingerprint density at radius 1 is 1.62 bits per heavy atom. The third-order valence-electron chi connectivity index (χ3n) is 1.59. The molecule has 1 heterocycles. The molecule has 72 valence electrons. The van der Waals surface area contributed by atoms with E-state index in [-0.39, 0.29) is 5.91 Å². The van der Waals surface area contributed by atoms with E-state index in [1.54, 1.807) is 4.68 Å². The highest BCUT2D eigenvalue weighted by Crippen LogP contribution is 1.97. The molecular formula is C6H11N5OS. The van der Waals surface area contributed by atoms with Crippen LogP contribution in [0.1, 0.15) is 19.3 Å². The van der Waals surface area contributed by atoms with Crippen LogP contribution in [0.25, 0.3) is 0 Å². The van der Waals surface area contributed by atoms with E-state index in [1.807, 2.05) is 0 Å². The van der Waals surface area contributed by atoms with E-state index in [2.05, 4.69) is 15.5 Å². The standard InChI is InChI=1S/C6H11N5OS/c7-5(12)3-1-2-4-11-6(13)8-9-10-11/h1-4H2,(H2,7,12)(H,8,10,13). The van der Waals surface area contributed by atoms with Crippen molar-refractivity contribution in [1.29, 1.82) is 0 Å². The predicted octanol–water partition coefficient (Wildman–Crippen LogP) is -0.00871. The molecule has 0 unspecified atom stereocenters. The number of aromatic amines is 1. The normalized spacial score (nSPS) is 10.2. The van der Waals surface area contributed by atoms with Crippen LogP contribution in [-0.4, -0.2) is 26.1 Å². The van der Waals surface area contributed by atoms with Crippen LogP contribution in [0, 0.1) is 4.77 Å². The molecule has 0 fully saturated rings. The second-order valence-corrected chi connectivity index (χ2v) is 3.02. The van der Waals surface area contributed by atoms with Crippen molar-refractivity contribution in [2.24, 2.45) is 5.73 Å². The van der Waals surface area contributed by atoms with Crippen LogP contribution >= 0.6 is 12.2 Å². The maximum absolute atomic E-state index is 10.4. The fraction of sp³-hybridized carbons (Fsp3) is 0.667. The van der Waals surface area contributed by atoms with Gasteiger partial charge in [0.2, 0.25) is 10.7 Å². The van der Waals surface area contributed by atoms with Gasteiger partial charge in [0.1, 0.15) is 0 Å². The van der Waals surface area contributed by atoms with Crippen LogP contribution in [0.3, 0.4) is 0 Å². The zero-order valence-electron chi connectivity index (χ0n) is 7.06. The van der Waals surface area contributed by atoms with Gasteiger partial charge in [-0.25, -0.2) is 4.68 Å². The summed E-state index contributed by atoms with van der Waals surface area (Å²) in [4.78, 5) is 10.4. The number of rotatable bonds is 5. The van der Waals surface area contributed by atoms with E-state index < -0.39 is 0 Å². The number of aromatic nitrogens is 4. The van der Waals surface area contributed by atoms with E-state index in [4.69, 9.17) is 18.0 Å². The number of amides is 1. The second-order valence-electron chi connectivity index (χ2n) is 2.66. The van der Waals surface area contributed by atoms with E-state index in [9.17, 15) is 4.79 Å². The van der Waals surface area contributed by atoms with Crippen molar-refractivity contribution >= 4 is 18.1 Å². The fourth-order valence-corrected chi connectivity index (χ4v) is 1.10. The average molecular weight is 201 g/mol. The van der Waals surface area contributed by atoms with Crippen molar-refractivity contribution in [1.82, 2.24) is 20.2 Å². The third kappa shape index (κ3) is 3.32. The third-order valence-corrected chi connectivity index (χ3v) is 1.89. The van der Waals surface area contributed by atoms with Gasteiger partial charge in [0.25, 0.3) is 0 Å². The van der Waals surface area contributed by atoms with Crippen molar-refractivity contribution in [2.45, 2.75) is 25.8 Å². The summed E-state index contributed by atoms with van der Waals surface area (Å²) in [6, 6.07) is 0. The molecule has 1 amide bonds. The predicted molar refractivity (Wildman–Crippen MR) is 48.3 cm³/mol. The summed E-state index contributed by atoms with van der Waals surface area (Å²) in [5, 5.41) is 9.77. The van der Waals surface area contributed by atoms with Crippen molar-refractivity contribution < 1.29 is 4.79 Å². The van der Waals surface area contributed by atoms with Crippen LogP contribution < -0.4 is 5.73 Å². The zero-order chi connectivity index (χ0) is 9.68. The topological polar surface area (TPSA) is 89.6 Å². The first-order chi connectivity index (χ1) is 6.20. The van der Waals surface area contributed by atoms with Gasteiger partial charge in [-0.3, -0.25) is 4.79 Å². The highest BCUT2D eigenvalue weighted by atomic mass is 32.1. The minimum absolute atomic E-state index is 0.272. The van der Waals surface area contributed by atoms with Gasteiger partial charge in [0.05, 0.1) is 0 Å². The summed E-state index contributed by atoms with van der Waals surface area (Å²) in [6.07, 6.45) is 2.01. The first kappa shape index (κ1) is 9.85. The Morgan fingerprint density at radius 2 is 2.38 bits per heavy atom. The van der Waals surface area contributed by atoms with Gasteiger partial charge in [0.15, 0.2) is 0 Å². The Hall–Kier alpha value is -1.24. The van der Waals surface area contributed by atoms with Crippen LogP contribution in [0.4, 0.5) is 0 Å². The molecular weight excluding hydrogens is 190 g/mol. The Balaban J connectivity index is 2.24. The number of primary amides is 1. The highest BCUT2D eigenvalue weighted by molar-refractivity contribution is 7.71. The molecule has 7 heteroatoms. The van der Waals surface area contributed by atoms with Crippen molar-refractivity contribution in [3.8, 4) is 0 Å². The molecule has 0 atom stereocenters. The molecule has 0 saturated carbocycles. The molecule has 0 aromatic carbocycles. The molecule has 1 rings (SSSR count). The monoisotopic (exact) mass is 201 g/mol. The highest BCUT2D eigenvalue weighted by Gasteiger charge is 1.97. The molecule has 1 aromatic heterocycles. The van der Waals surface area contributed by atoms with Gasteiger partial charge in [0, 0.05) is 13.0 Å². The smallest absolute Gasteiger partial charge is 0.238 e. The van der Waals surface area contributed by atoms with Crippen LogP contribution in [0.5, 0.6) is 0 Å². The minimum Gasteiger partial charge on any atom is -0.370 e. The fourth-order valence-electron chi connectivity index (χ4n) is 0.931. The van der Waals surface area contributed by atoms with Gasteiger partial charge < -0.3 is 5.73 Å². The number of tetrazole rings is 1. The van der Waals surface area contributed by atoms with Crippen molar-refractivity contribution in [3.05, 3.63) is 4.77 Å². The minimum atomic E-state index is -0.272. The van der Waals surface area contributed by atoms with Gasteiger partial charge in [-0.15, -0.1) is 0 Å². The Morgan fingerprint density at radius 3 is 2.92 bits per heavy atom. The summed E-state index contributed by atoms with van der Waals surface area (Å²) in [5.41, 5.74) is 4.98. The molecule has 0 aliphatic carbocycles. The SMILES string of the molecule is NC(=O)CCCCn1[nH]nnc1=S. The summed E-state index contributed by atoms with van der Waals surface area (Å²) >= 11 is 4.85. The van der Waals surface area contributed by atoms with Gasteiger partial charge >= 0.3 is 0 Å². The first-order valence-electron chi connectivity index (χ1n) is 3.96. The lowest BCUT2D eigenvalue weighted by Crippen LogP contribution is -2.10. The molecule has 0 bridgehead atoms. The number of aryl methyl sites for hydroxylation is 1. The summed E-state index contributed by atoms with van der Waals surface area (Å²) < 4.78 is 2.08. The number of hydrogen-bond donors (Lipinski definition) is 2. The molecule has 3 N–H and O–H groups in total. The Labute approximate surface area is 80.1 Å². The number of carbonyl (C=O) groups excluding carboxylic acids is 1. The number of nitrogens with zero attached hydrogens (tertiary/aromatic N) is 3. The zero-order valence-corrected chi connectivity index (χ0v) is 7.88. The largest absolute Gasteiger partial charge is 0.370 e. The molecule has 0 saturated heterocycles. The van der Waals surface area contributed by atoms with E-state index in [0.29, 0.717) is 17.7 Å². The molecule has 13 heavy (non-hydrogen) atoms. The van der Waals surface area contributed by atoms with Gasteiger partial charge in [-0.1, -0.05) is 10.3 Å². The lowest BCUT2D eigenvalue weighted by molar-refractivity contribution is -0.118. The lowest BCUT2D eigenvalue weighted by Gasteiger charge is -1.98. The molecule has 0 spiro atoms. The van der Waals surface area contributed by atoms with Crippen molar-refractivity contribution in [2.75, 3.05) is 0 Å². The van der Waals surface area contributed by atoms with E-state index >= 15 is 0 Å². The van der Waals surface area contributed by atoms with Crippen LogP contribution in [0.15, 0.2) is 0 Å². The van der Waals surface area contributed by atoms with Crippen LogP contribution in [0.2, 0.25) is 0 Å². The molecule has 6 nitrogen and oxygen atoms in total. The molecule has 0 aliphatic rings. The number of nitrogens with two attached hydrogens (primary N) is 1. The number of nitrogens with one attached hydrogen (secondary N) is 1. The first-order valence-corrected chi connectivity index (χ1v) is 4.37. The molecule has 1 aromatic rings. The quantitative estimate of drug-likeness (QED) is 0.518. The maximum Gasteiger partial charge on any atom is 0.238 e. The van der Waals surface area contributed by atoms with Gasteiger partial charge in [-0.05, 0) is 25.1 Å². The number of H-pyrrole nitrogens is 1. The number of carbonyl (C=O) groups is 1. The molecule has 0 aliphatic heterocycles. The molecule has 0 radical (unpaired) electrons. The summed E-state index contributed by atoms with van der Waals surface area (Å²) in [7, 11) is 0. The van der Waals surface area contributed by atoms with Crippen molar-refractivity contribution in [3.63, 3.8) is 0 Å². The Bertz CT molecular complexity index is 330. The average Bonchev–Trinajstić information content (AvgIpc) is 2.45. The summed E-state index contributed by atoms with van der Waals surface area (Å²) in [6.45, 7) is 0.694. The summed E-state index contributed by atoms with van der Waals surface area (Å²) in [5.74, 6) is -0.272. The number of unbranched alkanes of at least 4 members (excludes halogenated alkanes) is 1. The lowest BCUT2D eigenvalue weighted by atomic mass is 10.2.